The van der Waals surface area contributed by atoms with Gasteiger partial charge in [0, 0.05) is 11.9 Å². The number of para-hydroxylation sites is 1. The third-order valence-corrected chi connectivity index (χ3v) is 5.70. The van der Waals surface area contributed by atoms with E-state index < -0.39 is 0 Å². The Balaban J connectivity index is 1.88. The number of rotatable bonds is 6. The highest BCUT2D eigenvalue weighted by Crippen LogP contribution is 2.32. The number of hydrogen-bond acceptors (Lipinski definition) is 6. The van der Waals surface area contributed by atoms with Crippen molar-refractivity contribution in [3.63, 3.8) is 0 Å². The van der Waals surface area contributed by atoms with Crippen molar-refractivity contribution in [1.82, 2.24) is 19.4 Å². The van der Waals surface area contributed by atoms with E-state index >= 15 is 0 Å². The lowest BCUT2D eigenvalue weighted by Gasteiger charge is -2.15. The van der Waals surface area contributed by atoms with Crippen molar-refractivity contribution < 1.29 is 5.11 Å². The van der Waals surface area contributed by atoms with Crippen LogP contribution in [0.15, 0.2) is 47.6 Å². The van der Waals surface area contributed by atoms with E-state index in [9.17, 15) is 5.11 Å². The summed E-state index contributed by atoms with van der Waals surface area (Å²) in [5.74, 6) is 0.441. The van der Waals surface area contributed by atoms with Gasteiger partial charge in [-0.3, -0.25) is 0 Å². The van der Waals surface area contributed by atoms with Crippen molar-refractivity contribution in [1.29, 1.82) is 0 Å². The summed E-state index contributed by atoms with van der Waals surface area (Å²) in [6, 6.07) is 14.3. The molecule has 0 aliphatic heterocycles. The van der Waals surface area contributed by atoms with Gasteiger partial charge in [0.25, 0.3) is 0 Å². The predicted octanol–water partition coefficient (Wildman–Crippen LogP) is 3.49. The molecule has 0 aliphatic carbocycles. The Labute approximate surface area is 174 Å². The summed E-state index contributed by atoms with van der Waals surface area (Å²) in [7, 11) is 4.08. The maximum atomic E-state index is 9.99. The van der Waals surface area contributed by atoms with Crippen molar-refractivity contribution in [3.05, 3.63) is 59.2 Å². The van der Waals surface area contributed by atoms with E-state index in [0.717, 1.165) is 44.8 Å². The molecule has 150 valence electrons. The molecule has 0 unspecified atom stereocenters. The van der Waals surface area contributed by atoms with Crippen LogP contribution in [-0.4, -0.2) is 44.9 Å². The number of benzene rings is 2. The van der Waals surface area contributed by atoms with E-state index in [1.807, 2.05) is 38.6 Å². The Morgan fingerprint density at radius 3 is 2.62 bits per heavy atom. The van der Waals surface area contributed by atoms with Crippen molar-refractivity contribution in [2.45, 2.75) is 24.9 Å². The molecule has 2 heterocycles. The second-order valence-electron chi connectivity index (χ2n) is 7.40. The number of imidazole rings is 1. The summed E-state index contributed by atoms with van der Waals surface area (Å²) < 4.78 is 2.18. The highest BCUT2D eigenvalue weighted by Gasteiger charge is 2.18. The lowest BCUT2D eigenvalue weighted by Crippen LogP contribution is -2.12. The van der Waals surface area contributed by atoms with Gasteiger partial charge in [-0.25, -0.2) is 9.97 Å². The van der Waals surface area contributed by atoms with E-state index in [2.05, 4.69) is 38.7 Å². The minimum absolute atomic E-state index is 0.00226. The van der Waals surface area contributed by atoms with Gasteiger partial charge in [0.05, 0.1) is 24.2 Å². The summed E-state index contributed by atoms with van der Waals surface area (Å²) >= 11 is 1.58. The number of anilines is 1. The van der Waals surface area contributed by atoms with Crippen LogP contribution in [-0.2, 0) is 19.7 Å². The van der Waals surface area contributed by atoms with E-state index in [-0.39, 0.29) is 6.61 Å². The third kappa shape index (κ3) is 3.69. The molecule has 4 rings (SSSR count). The topological polar surface area (TPSA) is 80.2 Å². The van der Waals surface area contributed by atoms with Crippen molar-refractivity contribution in [2.75, 3.05) is 26.1 Å². The van der Waals surface area contributed by atoms with Crippen LogP contribution in [0.4, 0.5) is 5.82 Å². The minimum atomic E-state index is 0.00226. The molecule has 0 fully saturated rings. The molecule has 4 aromatic rings. The molecular formula is C22H25N5OS. The van der Waals surface area contributed by atoms with Gasteiger partial charge in [0.1, 0.15) is 5.52 Å². The van der Waals surface area contributed by atoms with Crippen LogP contribution in [0.1, 0.15) is 16.7 Å². The Kier molecular flexibility index (Phi) is 5.45. The fraction of sp³-hybridized carbons (Fsp3) is 0.273. The number of nitrogens with two attached hydrogens (primary N) is 1. The SMILES string of the molecule is CSc1nc2c(N)nc3ccccc3c2n1Cc1ccc(CN(C)C)cc1CO. The number of hydrogen-bond donors (Lipinski definition) is 2. The van der Waals surface area contributed by atoms with Gasteiger partial charge in [-0.15, -0.1) is 0 Å². The monoisotopic (exact) mass is 407 g/mol. The number of aliphatic hydroxyl groups is 1. The summed E-state index contributed by atoms with van der Waals surface area (Å²) in [5, 5.41) is 11.9. The van der Waals surface area contributed by atoms with Crippen LogP contribution in [0.25, 0.3) is 21.9 Å². The van der Waals surface area contributed by atoms with Crippen molar-refractivity contribution in [2.24, 2.45) is 0 Å². The molecular weight excluding hydrogens is 382 g/mol. The van der Waals surface area contributed by atoms with Gasteiger partial charge >= 0.3 is 0 Å². The fourth-order valence-corrected chi connectivity index (χ4v) is 4.31. The highest BCUT2D eigenvalue weighted by molar-refractivity contribution is 7.98. The van der Waals surface area contributed by atoms with E-state index in [1.165, 1.54) is 5.56 Å². The third-order valence-electron chi connectivity index (χ3n) is 5.03. The average molecular weight is 408 g/mol. The van der Waals surface area contributed by atoms with Gasteiger partial charge in [0.15, 0.2) is 11.0 Å². The molecule has 0 saturated heterocycles. The number of fused-ring (bicyclic) bond motifs is 3. The van der Waals surface area contributed by atoms with Crippen LogP contribution in [0, 0.1) is 0 Å². The molecule has 0 spiro atoms. The van der Waals surface area contributed by atoms with Crippen LogP contribution in [0.3, 0.4) is 0 Å². The molecule has 6 nitrogen and oxygen atoms in total. The molecule has 7 heteroatoms. The second-order valence-corrected chi connectivity index (χ2v) is 8.17. The van der Waals surface area contributed by atoms with E-state index in [0.29, 0.717) is 12.4 Å². The van der Waals surface area contributed by atoms with Crippen molar-refractivity contribution in [3.8, 4) is 0 Å². The zero-order valence-corrected chi connectivity index (χ0v) is 17.7. The summed E-state index contributed by atoms with van der Waals surface area (Å²) in [4.78, 5) is 11.4. The number of aromatic nitrogens is 3. The smallest absolute Gasteiger partial charge is 0.169 e. The first-order valence-corrected chi connectivity index (χ1v) is 10.7. The standard InChI is InChI=1S/C22H25N5OS/c1-26(2)11-14-8-9-15(16(10-14)13-28)12-27-20-17-6-4-5-7-18(17)24-21(23)19(20)25-22(27)29-3/h4-10,28H,11-13H2,1-3H3,(H2,23,24). The molecule has 0 aliphatic rings. The number of nitrogens with zero attached hydrogens (tertiary/aromatic N) is 4. The number of nitrogen functional groups attached to an aromatic ring is 1. The maximum absolute atomic E-state index is 9.99. The van der Waals surface area contributed by atoms with Crippen LogP contribution >= 0.6 is 11.8 Å². The molecule has 0 atom stereocenters. The van der Waals surface area contributed by atoms with E-state index in [1.54, 1.807) is 11.8 Å². The zero-order chi connectivity index (χ0) is 20.5. The molecule has 2 aromatic heterocycles. The van der Waals surface area contributed by atoms with Gasteiger partial charge in [-0.05, 0) is 43.1 Å². The lowest BCUT2D eigenvalue weighted by atomic mass is 10.0. The summed E-state index contributed by atoms with van der Waals surface area (Å²) in [5.41, 5.74) is 12.0. The molecule has 3 N–H and O–H groups in total. The minimum Gasteiger partial charge on any atom is -0.392 e. The lowest BCUT2D eigenvalue weighted by molar-refractivity contribution is 0.280. The molecule has 2 aromatic carbocycles. The van der Waals surface area contributed by atoms with Crippen LogP contribution in [0.2, 0.25) is 0 Å². The Bertz CT molecular complexity index is 1180. The van der Waals surface area contributed by atoms with Crippen LogP contribution in [0.5, 0.6) is 0 Å². The number of aliphatic hydroxyl groups excluding tert-OH is 1. The Hall–Kier alpha value is -2.61. The maximum Gasteiger partial charge on any atom is 0.169 e. The zero-order valence-electron chi connectivity index (χ0n) is 16.9. The molecule has 0 saturated carbocycles. The quantitative estimate of drug-likeness (QED) is 0.476. The van der Waals surface area contributed by atoms with Gasteiger partial charge in [-0.2, -0.15) is 0 Å². The second kappa shape index (κ2) is 8.02. The normalized spacial score (nSPS) is 11.8. The number of pyridine rings is 1. The Morgan fingerprint density at radius 2 is 1.90 bits per heavy atom. The van der Waals surface area contributed by atoms with Gasteiger partial charge in [0.2, 0.25) is 0 Å². The highest BCUT2D eigenvalue weighted by atomic mass is 32.2. The molecule has 29 heavy (non-hydrogen) atoms. The predicted molar refractivity (Wildman–Crippen MR) is 120 cm³/mol. The Morgan fingerprint density at radius 1 is 1.10 bits per heavy atom. The van der Waals surface area contributed by atoms with Crippen LogP contribution < -0.4 is 5.73 Å². The van der Waals surface area contributed by atoms with Crippen molar-refractivity contribution >= 4 is 39.5 Å². The average Bonchev–Trinajstić information content (AvgIpc) is 3.08. The first-order chi connectivity index (χ1) is 14.0. The largest absolute Gasteiger partial charge is 0.392 e. The van der Waals surface area contributed by atoms with Gasteiger partial charge < -0.3 is 20.3 Å². The van der Waals surface area contributed by atoms with E-state index in [4.69, 9.17) is 10.7 Å². The summed E-state index contributed by atoms with van der Waals surface area (Å²) in [6.45, 7) is 1.45. The molecule has 0 amide bonds. The fourth-order valence-electron chi connectivity index (χ4n) is 3.76. The van der Waals surface area contributed by atoms with Gasteiger partial charge in [-0.1, -0.05) is 48.2 Å². The summed E-state index contributed by atoms with van der Waals surface area (Å²) in [6.07, 6.45) is 2.01. The number of thioether (sulfide) groups is 1. The molecule has 0 radical (unpaired) electrons. The first-order valence-electron chi connectivity index (χ1n) is 9.46. The molecule has 0 bridgehead atoms. The first kappa shape index (κ1) is 19.7.